The van der Waals surface area contributed by atoms with E-state index in [1.54, 1.807) is 0 Å². The molecular formula is C21H28F6N4O4. The minimum Gasteiger partial charge on any atom is -0.394 e. The van der Waals surface area contributed by atoms with Gasteiger partial charge in [-0.2, -0.15) is 26.3 Å². The fourth-order valence-corrected chi connectivity index (χ4v) is 4.06. The van der Waals surface area contributed by atoms with E-state index in [1.165, 1.54) is 4.90 Å². The molecule has 2 saturated heterocycles. The summed E-state index contributed by atoms with van der Waals surface area (Å²) in [6.45, 7) is 3.35. The maximum Gasteiger partial charge on any atom is 0.416 e. The molecule has 2 fully saturated rings. The van der Waals surface area contributed by atoms with Crippen LogP contribution < -0.4 is 5.32 Å². The van der Waals surface area contributed by atoms with Crippen molar-refractivity contribution in [1.82, 2.24) is 14.7 Å². The van der Waals surface area contributed by atoms with E-state index in [-0.39, 0.29) is 12.1 Å². The maximum absolute atomic E-state index is 13.0. The molecule has 2 aliphatic rings. The molecule has 4 N–H and O–H groups in total. The van der Waals surface area contributed by atoms with Gasteiger partial charge in [-0.1, -0.05) is 0 Å². The molecule has 0 unspecified atom stereocenters. The smallest absolute Gasteiger partial charge is 0.394 e. The number of halogens is 6. The van der Waals surface area contributed by atoms with Gasteiger partial charge in [-0.3, -0.25) is 4.90 Å². The average molecular weight is 514 g/mol. The first-order valence-corrected chi connectivity index (χ1v) is 11.1. The summed E-state index contributed by atoms with van der Waals surface area (Å²) in [5, 5.41) is 30.1. The molecule has 35 heavy (non-hydrogen) atoms. The molecule has 1 aromatic carbocycles. The number of urea groups is 1. The Morgan fingerprint density at radius 1 is 0.943 bits per heavy atom. The second kappa shape index (κ2) is 10.9. The molecule has 2 atom stereocenters. The number of aliphatic hydroxyl groups is 3. The first-order chi connectivity index (χ1) is 16.3. The van der Waals surface area contributed by atoms with Crippen molar-refractivity contribution in [2.45, 2.75) is 37.0 Å². The summed E-state index contributed by atoms with van der Waals surface area (Å²) in [5.74, 6) is 0. The minimum absolute atomic E-state index is 0.00441. The van der Waals surface area contributed by atoms with E-state index in [1.807, 2.05) is 0 Å². The molecule has 0 saturated carbocycles. The maximum atomic E-state index is 13.0. The lowest BCUT2D eigenvalue weighted by molar-refractivity contribution is -0.143. The topological polar surface area (TPSA) is 99.5 Å². The van der Waals surface area contributed by atoms with E-state index in [9.17, 15) is 41.4 Å². The normalized spacial score (nSPS) is 20.4. The molecule has 0 bridgehead atoms. The van der Waals surface area contributed by atoms with Gasteiger partial charge in [0.2, 0.25) is 0 Å². The number of likely N-dealkylation sites (tertiary alicyclic amines) is 1. The van der Waals surface area contributed by atoms with Crippen LogP contribution in [0.15, 0.2) is 18.2 Å². The lowest BCUT2D eigenvalue weighted by atomic mass is 10.1. The van der Waals surface area contributed by atoms with Crippen molar-refractivity contribution in [3.63, 3.8) is 0 Å². The Labute approximate surface area is 197 Å². The van der Waals surface area contributed by atoms with Gasteiger partial charge in [0.25, 0.3) is 0 Å². The van der Waals surface area contributed by atoms with Gasteiger partial charge < -0.3 is 30.4 Å². The van der Waals surface area contributed by atoms with Crippen molar-refractivity contribution < 1.29 is 46.5 Å². The molecule has 14 heteroatoms. The highest BCUT2D eigenvalue weighted by molar-refractivity contribution is 5.90. The number of hydrogen-bond acceptors (Lipinski definition) is 6. The van der Waals surface area contributed by atoms with Gasteiger partial charge in [0.15, 0.2) is 0 Å². The van der Waals surface area contributed by atoms with Crippen LogP contribution in [-0.2, 0) is 12.4 Å². The lowest BCUT2D eigenvalue weighted by Gasteiger charge is -2.48. The third-order valence-corrected chi connectivity index (χ3v) is 6.28. The summed E-state index contributed by atoms with van der Waals surface area (Å²) in [4.78, 5) is 17.9. The Balaban J connectivity index is 1.48. The van der Waals surface area contributed by atoms with Crippen LogP contribution in [0, 0.1) is 0 Å². The van der Waals surface area contributed by atoms with Crippen LogP contribution >= 0.6 is 0 Å². The highest BCUT2D eigenvalue weighted by atomic mass is 19.4. The van der Waals surface area contributed by atoms with Gasteiger partial charge in [0, 0.05) is 57.5 Å². The lowest BCUT2D eigenvalue weighted by Crippen LogP contribution is -2.64. The molecule has 2 aliphatic heterocycles. The van der Waals surface area contributed by atoms with E-state index in [0.29, 0.717) is 64.4 Å². The third kappa shape index (κ3) is 7.19. The zero-order chi connectivity index (χ0) is 26.0. The van der Waals surface area contributed by atoms with Crippen molar-refractivity contribution >= 4 is 11.7 Å². The summed E-state index contributed by atoms with van der Waals surface area (Å²) in [7, 11) is 0. The van der Waals surface area contributed by atoms with Gasteiger partial charge in [-0.25, -0.2) is 4.79 Å². The van der Waals surface area contributed by atoms with Crippen molar-refractivity contribution in [3.8, 4) is 0 Å². The Morgan fingerprint density at radius 3 is 1.97 bits per heavy atom. The molecule has 1 aromatic rings. The summed E-state index contributed by atoms with van der Waals surface area (Å²) < 4.78 is 78.0. The third-order valence-electron chi connectivity index (χ3n) is 6.28. The fraction of sp³-hybridized carbons (Fsp3) is 0.667. The Morgan fingerprint density at radius 2 is 1.49 bits per heavy atom. The molecular weight excluding hydrogens is 486 g/mol. The van der Waals surface area contributed by atoms with Gasteiger partial charge in [0.1, 0.15) is 6.10 Å². The quantitative estimate of drug-likeness (QED) is 0.414. The molecule has 0 aromatic heterocycles. The number of carbonyl (C=O) groups excluding carboxylic acids is 1. The molecule has 3 rings (SSSR count). The summed E-state index contributed by atoms with van der Waals surface area (Å²) in [6, 6.07) is 0.200. The predicted molar refractivity (Wildman–Crippen MR) is 113 cm³/mol. The van der Waals surface area contributed by atoms with Crippen LogP contribution in [0.4, 0.5) is 36.8 Å². The highest BCUT2D eigenvalue weighted by Crippen LogP contribution is 2.37. The SMILES string of the molecule is O=C(Nc1cc(C(F)(F)F)cc(C(F)(F)F)c1)N1CC(N2CCN(CC[C@@H](O)[C@@H](O)CO)CC2)C1. The van der Waals surface area contributed by atoms with Crippen molar-refractivity contribution in [1.29, 1.82) is 0 Å². The second-order valence-electron chi connectivity index (χ2n) is 8.77. The van der Waals surface area contributed by atoms with Crippen molar-refractivity contribution in [3.05, 3.63) is 29.3 Å². The predicted octanol–water partition coefficient (Wildman–Crippen LogP) is 1.66. The standard InChI is InChI=1S/C21H28F6N4O4/c22-20(23,24)13-7-14(21(25,26)27)9-15(8-13)28-19(35)31-10-16(11-31)30-5-3-29(4-6-30)2-1-17(33)18(34)12-32/h7-9,16-18,32-34H,1-6,10-12H2,(H,28,35)/t17-,18+/m1/s1. The van der Waals surface area contributed by atoms with Gasteiger partial charge in [-0.05, 0) is 24.6 Å². The van der Waals surface area contributed by atoms with Crippen LogP contribution in [0.2, 0.25) is 0 Å². The Hall–Kier alpha value is -2.13. The van der Waals surface area contributed by atoms with E-state index in [4.69, 9.17) is 5.11 Å². The van der Waals surface area contributed by atoms with Crippen LogP contribution in [0.5, 0.6) is 0 Å². The number of rotatable bonds is 7. The van der Waals surface area contributed by atoms with Crippen LogP contribution in [0.25, 0.3) is 0 Å². The molecule has 2 heterocycles. The zero-order valence-corrected chi connectivity index (χ0v) is 18.7. The van der Waals surface area contributed by atoms with Crippen LogP contribution in [0.3, 0.4) is 0 Å². The van der Waals surface area contributed by atoms with Crippen molar-refractivity contribution in [2.75, 3.05) is 57.7 Å². The molecule has 0 radical (unpaired) electrons. The highest BCUT2D eigenvalue weighted by Gasteiger charge is 2.39. The minimum atomic E-state index is -5.00. The second-order valence-corrected chi connectivity index (χ2v) is 8.77. The number of alkyl halides is 6. The monoisotopic (exact) mass is 514 g/mol. The fourth-order valence-electron chi connectivity index (χ4n) is 4.06. The number of piperazine rings is 1. The number of benzene rings is 1. The molecule has 0 spiro atoms. The number of carbonyl (C=O) groups is 1. The number of amides is 2. The first kappa shape index (κ1) is 27.5. The van der Waals surface area contributed by atoms with E-state index >= 15 is 0 Å². The number of nitrogens with one attached hydrogen (secondary N) is 1. The van der Waals surface area contributed by atoms with E-state index < -0.39 is 54.0 Å². The van der Waals surface area contributed by atoms with Gasteiger partial charge >= 0.3 is 18.4 Å². The summed E-state index contributed by atoms with van der Waals surface area (Å²) >= 11 is 0. The number of hydrogen-bond donors (Lipinski definition) is 4. The Bertz CT molecular complexity index is 838. The molecule has 2 amide bonds. The number of nitrogens with zero attached hydrogens (tertiary/aromatic N) is 3. The van der Waals surface area contributed by atoms with Crippen molar-refractivity contribution in [2.24, 2.45) is 0 Å². The summed E-state index contributed by atoms with van der Waals surface area (Å²) in [6.07, 6.45) is -11.9. The van der Waals surface area contributed by atoms with Gasteiger partial charge in [0.05, 0.1) is 23.8 Å². The first-order valence-electron chi connectivity index (χ1n) is 11.1. The van der Waals surface area contributed by atoms with Crippen LogP contribution in [-0.4, -0.2) is 107 Å². The number of anilines is 1. The average Bonchev–Trinajstić information content (AvgIpc) is 2.75. The van der Waals surface area contributed by atoms with E-state index in [2.05, 4.69) is 15.1 Å². The largest absolute Gasteiger partial charge is 0.416 e. The zero-order valence-electron chi connectivity index (χ0n) is 18.7. The number of aliphatic hydroxyl groups excluding tert-OH is 3. The van der Waals surface area contributed by atoms with E-state index in [0.717, 1.165) is 0 Å². The van der Waals surface area contributed by atoms with Gasteiger partial charge in [-0.15, -0.1) is 0 Å². The molecule has 0 aliphatic carbocycles. The molecule has 8 nitrogen and oxygen atoms in total. The van der Waals surface area contributed by atoms with Crippen LogP contribution in [0.1, 0.15) is 17.5 Å². The summed E-state index contributed by atoms with van der Waals surface area (Å²) in [5.41, 5.74) is -3.58. The Kier molecular flexibility index (Phi) is 8.52. The molecule has 198 valence electrons.